The predicted octanol–water partition coefficient (Wildman–Crippen LogP) is 2.61. The lowest BCUT2D eigenvalue weighted by molar-refractivity contribution is 0.0927. The van der Waals surface area contributed by atoms with Crippen LogP contribution in [0.25, 0.3) is 10.9 Å². The number of carbonyl (C=O) groups is 1. The van der Waals surface area contributed by atoms with Gasteiger partial charge in [-0.2, -0.15) is 0 Å². The maximum atomic E-state index is 12.4. The molecule has 1 amide bonds. The number of thiophene rings is 1. The Morgan fingerprint density at radius 1 is 1.42 bits per heavy atom. The van der Waals surface area contributed by atoms with E-state index in [1.165, 1.54) is 4.88 Å². The van der Waals surface area contributed by atoms with Gasteiger partial charge in [-0.3, -0.25) is 4.79 Å². The Balaban J connectivity index is 1.93. The number of fused-ring (bicyclic) bond motifs is 1. The molecule has 0 saturated carbocycles. The van der Waals surface area contributed by atoms with Crippen molar-refractivity contribution in [3.8, 4) is 0 Å². The lowest BCUT2D eigenvalue weighted by Gasteiger charge is -2.31. The fourth-order valence-corrected chi connectivity index (χ4v) is 3.76. The van der Waals surface area contributed by atoms with Crippen LogP contribution in [0.5, 0.6) is 0 Å². The lowest BCUT2D eigenvalue weighted by Crippen LogP contribution is -2.35. The minimum atomic E-state index is -0.246. The molecule has 0 radical (unpaired) electrons. The van der Waals surface area contributed by atoms with Crippen molar-refractivity contribution in [1.82, 2.24) is 15.3 Å². The highest BCUT2D eigenvalue weighted by atomic mass is 32.1. The predicted molar refractivity (Wildman–Crippen MR) is 97.0 cm³/mol. The zero-order valence-corrected chi connectivity index (χ0v) is 15.3. The summed E-state index contributed by atoms with van der Waals surface area (Å²) in [5, 5.41) is 5.90. The van der Waals surface area contributed by atoms with Crippen LogP contribution in [-0.2, 0) is 4.74 Å². The van der Waals surface area contributed by atoms with Crippen molar-refractivity contribution in [2.45, 2.75) is 26.7 Å². The van der Waals surface area contributed by atoms with Gasteiger partial charge in [0.1, 0.15) is 5.82 Å². The molecule has 3 rings (SSSR count). The van der Waals surface area contributed by atoms with Gasteiger partial charge in [0.05, 0.1) is 17.5 Å². The molecule has 2 aromatic rings. The van der Waals surface area contributed by atoms with E-state index in [0.717, 1.165) is 48.6 Å². The third kappa shape index (κ3) is 3.52. The number of methoxy groups -OCH3 is 1. The van der Waals surface area contributed by atoms with Crippen molar-refractivity contribution in [2.24, 2.45) is 5.92 Å². The monoisotopic (exact) mass is 348 g/mol. The summed E-state index contributed by atoms with van der Waals surface area (Å²) >= 11 is 1.66. The van der Waals surface area contributed by atoms with Gasteiger partial charge in [0.25, 0.3) is 5.91 Å². The molecule has 0 atom stereocenters. The second kappa shape index (κ2) is 7.44. The van der Waals surface area contributed by atoms with Crippen LogP contribution >= 0.6 is 11.3 Å². The molecule has 7 heteroatoms. The van der Waals surface area contributed by atoms with Gasteiger partial charge in [0, 0.05) is 37.0 Å². The number of hydrogen-bond acceptors (Lipinski definition) is 6. The molecule has 2 aromatic heterocycles. The molecule has 130 valence electrons. The van der Waals surface area contributed by atoms with E-state index in [9.17, 15) is 4.79 Å². The standard InChI is InChI=1S/C17H24N4O2S/c1-11-4-7-21(8-5-11)16-14-12(2)24-10-13(14)19-15(20-16)17(22)18-6-9-23-3/h10-11H,4-9H2,1-3H3,(H,18,22). The molecule has 1 fully saturated rings. The second-order valence-electron chi connectivity index (χ2n) is 6.34. The summed E-state index contributed by atoms with van der Waals surface area (Å²) in [6.07, 6.45) is 2.31. The minimum absolute atomic E-state index is 0.241. The first kappa shape index (κ1) is 17.1. The van der Waals surface area contributed by atoms with E-state index in [1.807, 2.05) is 5.38 Å². The fraction of sp³-hybridized carbons (Fsp3) is 0.588. The van der Waals surface area contributed by atoms with Crippen LogP contribution in [0.1, 0.15) is 35.3 Å². The Hall–Kier alpha value is -1.73. The van der Waals surface area contributed by atoms with Crippen LogP contribution in [0.15, 0.2) is 5.38 Å². The number of nitrogens with zero attached hydrogens (tertiary/aromatic N) is 3. The van der Waals surface area contributed by atoms with Gasteiger partial charge >= 0.3 is 0 Å². The van der Waals surface area contributed by atoms with Crippen LogP contribution in [-0.4, -0.2) is 49.2 Å². The van der Waals surface area contributed by atoms with Gasteiger partial charge in [0.15, 0.2) is 0 Å². The van der Waals surface area contributed by atoms with Crippen molar-refractivity contribution >= 4 is 34.0 Å². The third-order valence-electron chi connectivity index (χ3n) is 4.50. The highest BCUT2D eigenvalue weighted by molar-refractivity contribution is 7.11. The van der Waals surface area contributed by atoms with Crippen molar-refractivity contribution < 1.29 is 9.53 Å². The highest BCUT2D eigenvalue weighted by Crippen LogP contribution is 2.33. The number of aromatic nitrogens is 2. The number of ether oxygens (including phenoxy) is 1. The first-order valence-corrected chi connectivity index (χ1v) is 9.26. The maximum Gasteiger partial charge on any atom is 0.289 e. The molecule has 3 heterocycles. The average Bonchev–Trinajstić information content (AvgIpc) is 2.96. The molecular formula is C17H24N4O2S. The molecule has 1 N–H and O–H groups in total. The average molecular weight is 348 g/mol. The van der Waals surface area contributed by atoms with Crippen molar-refractivity contribution in [1.29, 1.82) is 0 Å². The van der Waals surface area contributed by atoms with E-state index >= 15 is 0 Å². The molecule has 1 aliphatic heterocycles. The van der Waals surface area contributed by atoms with Gasteiger partial charge in [-0.05, 0) is 25.7 Å². The van der Waals surface area contributed by atoms with E-state index in [4.69, 9.17) is 4.74 Å². The third-order valence-corrected chi connectivity index (χ3v) is 5.39. The molecule has 0 unspecified atom stereocenters. The summed E-state index contributed by atoms with van der Waals surface area (Å²) in [6.45, 7) is 7.27. The summed E-state index contributed by atoms with van der Waals surface area (Å²) < 4.78 is 4.97. The lowest BCUT2D eigenvalue weighted by atomic mass is 9.99. The van der Waals surface area contributed by atoms with E-state index in [2.05, 4.69) is 34.0 Å². The second-order valence-corrected chi connectivity index (χ2v) is 7.42. The van der Waals surface area contributed by atoms with E-state index < -0.39 is 0 Å². The summed E-state index contributed by atoms with van der Waals surface area (Å²) in [5.41, 5.74) is 0.859. The topological polar surface area (TPSA) is 67.3 Å². The molecule has 1 aliphatic rings. The first-order valence-electron chi connectivity index (χ1n) is 8.38. The zero-order chi connectivity index (χ0) is 17.1. The molecular weight excluding hydrogens is 324 g/mol. The summed E-state index contributed by atoms with van der Waals surface area (Å²) in [4.78, 5) is 24.9. The number of piperidine rings is 1. The van der Waals surface area contributed by atoms with Crippen LogP contribution in [0.2, 0.25) is 0 Å². The van der Waals surface area contributed by atoms with E-state index in [-0.39, 0.29) is 11.7 Å². The van der Waals surface area contributed by atoms with E-state index in [0.29, 0.717) is 13.2 Å². The SMILES string of the molecule is COCCNC(=O)c1nc(N2CCC(C)CC2)c2c(C)scc2n1. The summed E-state index contributed by atoms with van der Waals surface area (Å²) in [5.74, 6) is 1.65. The molecule has 6 nitrogen and oxygen atoms in total. The number of carbonyl (C=O) groups excluding carboxylic acids is 1. The van der Waals surface area contributed by atoms with Crippen molar-refractivity contribution in [2.75, 3.05) is 38.3 Å². The van der Waals surface area contributed by atoms with Gasteiger partial charge in [-0.1, -0.05) is 6.92 Å². The number of anilines is 1. The van der Waals surface area contributed by atoms with Crippen LogP contribution in [0.3, 0.4) is 0 Å². The number of aryl methyl sites for hydroxylation is 1. The van der Waals surface area contributed by atoms with Crippen LogP contribution in [0, 0.1) is 12.8 Å². The summed E-state index contributed by atoms with van der Waals surface area (Å²) in [7, 11) is 1.61. The fourth-order valence-electron chi connectivity index (χ4n) is 2.99. The molecule has 0 spiro atoms. The smallest absolute Gasteiger partial charge is 0.289 e. The van der Waals surface area contributed by atoms with Crippen molar-refractivity contribution in [3.05, 3.63) is 16.1 Å². The number of nitrogens with one attached hydrogen (secondary N) is 1. The van der Waals surface area contributed by atoms with Gasteiger partial charge in [-0.15, -0.1) is 11.3 Å². The molecule has 24 heavy (non-hydrogen) atoms. The maximum absolute atomic E-state index is 12.4. The Morgan fingerprint density at radius 2 is 2.17 bits per heavy atom. The summed E-state index contributed by atoms with van der Waals surface area (Å²) in [6, 6.07) is 0. The van der Waals surface area contributed by atoms with Crippen LogP contribution in [0.4, 0.5) is 5.82 Å². The Morgan fingerprint density at radius 3 is 2.88 bits per heavy atom. The molecule has 1 saturated heterocycles. The number of rotatable bonds is 5. The molecule has 0 bridgehead atoms. The van der Waals surface area contributed by atoms with Gasteiger partial charge in [-0.25, -0.2) is 9.97 Å². The normalized spacial score (nSPS) is 15.9. The largest absolute Gasteiger partial charge is 0.383 e. The van der Waals surface area contributed by atoms with Gasteiger partial charge in [0.2, 0.25) is 5.82 Å². The van der Waals surface area contributed by atoms with Crippen molar-refractivity contribution in [3.63, 3.8) is 0 Å². The Bertz CT molecular complexity index is 723. The minimum Gasteiger partial charge on any atom is -0.383 e. The van der Waals surface area contributed by atoms with Gasteiger partial charge < -0.3 is 15.0 Å². The van der Waals surface area contributed by atoms with E-state index in [1.54, 1.807) is 18.4 Å². The molecule has 0 aromatic carbocycles. The molecule has 0 aliphatic carbocycles. The Kier molecular flexibility index (Phi) is 5.30. The number of amides is 1. The zero-order valence-electron chi connectivity index (χ0n) is 14.5. The highest BCUT2D eigenvalue weighted by Gasteiger charge is 2.23. The number of hydrogen-bond donors (Lipinski definition) is 1. The first-order chi connectivity index (χ1) is 11.6. The van der Waals surface area contributed by atoms with Crippen LogP contribution < -0.4 is 10.2 Å². The Labute approximate surface area is 146 Å². The quantitative estimate of drug-likeness (QED) is 0.841.